The highest BCUT2D eigenvalue weighted by Gasteiger charge is 2.28. The molecule has 0 aliphatic carbocycles. The standard InChI is InChI=1S/C52H105NO5/c1-3-5-7-9-11-13-15-17-18-19-20-21-22-23-24-25-26-27-28-29-30-31-32-33-34-36-38-40-42-44-46-50(56)52(58)53-48(47-54)51(57)49(55)45-43-41-39-37-35-16-14-12-10-8-6-4-2/h48-51,54-57H,3-47H2,1-2H3,(H,53,58). The van der Waals surface area contributed by atoms with E-state index in [9.17, 15) is 25.2 Å². The molecule has 0 heterocycles. The largest absolute Gasteiger partial charge is 0.394 e. The van der Waals surface area contributed by atoms with Crippen LogP contribution in [0.5, 0.6) is 0 Å². The van der Waals surface area contributed by atoms with Crippen molar-refractivity contribution in [3.63, 3.8) is 0 Å². The summed E-state index contributed by atoms with van der Waals surface area (Å²) in [7, 11) is 0. The van der Waals surface area contributed by atoms with Gasteiger partial charge in [-0.05, 0) is 12.8 Å². The summed E-state index contributed by atoms with van der Waals surface area (Å²) >= 11 is 0. The topological polar surface area (TPSA) is 110 Å². The molecule has 0 bridgehead atoms. The molecule has 348 valence electrons. The normalized spacial score (nSPS) is 13.8. The highest BCUT2D eigenvalue weighted by Crippen LogP contribution is 2.18. The Kier molecular flexibility index (Phi) is 46.8. The van der Waals surface area contributed by atoms with Gasteiger partial charge < -0.3 is 25.7 Å². The van der Waals surface area contributed by atoms with Gasteiger partial charge in [-0.2, -0.15) is 0 Å². The molecular formula is C52H105NO5. The van der Waals surface area contributed by atoms with E-state index in [-0.39, 0.29) is 0 Å². The molecular weight excluding hydrogens is 719 g/mol. The van der Waals surface area contributed by atoms with Crippen LogP contribution in [0.4, 0.5) is 0 Å². The van der Waals surface area contributed by atoms with Crippen LogP contribution >= 0.6 is 0 Å². The number of hydrogen-bond acceptors (Lipinski definition) is 5. The van der Waals surface area contributed by atoms with E-state index in [1.165, 1.54) is 231 Å². The summed E-state index contributed by atoms with van der Waals surface area (Å²) < 4.78 is 0. The fraction of sp³-hybridized carbons (Fsp3) is 0.981. The van der Waals surface area contributed by atoms with Gasteiger partial charge in [0.05, 0.1) is 18.8 Å². The Balaban J connectivity index is 3.52. The summed E-state index contributed by atoms with van der Waals surface area (Å²) in [6, 6.07) is -0.979. The number of rotatable bonds is 49. The lowest BCUT2D eigenvalue weighted by Gasteiger charge is -2.27. The Labute approximate surface area is 362 Å². The summed E-state index contributed by atoms with van der Waals surface area (Å²) in [4.78, 5) is 12.5. The van der Waals surface area contributed by atoms with Gasteiger partial charge in [-0.15, -0.1) is 0 Å². The third-order valence-corrected chi connectivity index (χ3v) is 12.8. The maximum Gasteiger partial charge on any atom is 0.249 e. The van der Waals surface area contributed by atoms with Crippen LogP contribution in [0.2, 0.25) is 0 Å². The number of carbonyl (C=O) groups excluding carboxylic acids is 1. The number of carbonyl (C=O) groups is 1. The first-order valence-electron chi connectivity index (χ1n) is 26.4. The molecule has 0 aromatic heterocycles. The number of aliphatic hydroxyl groups excluding tert-OH is 4. The first-order chi connectivity index (χ1) is 28.5. The van der Waals surface area contributed by atoms with Gasteiger partial charge in [0, 0.05) is 0 Å². The van der Waals surface area contributed by atoms with E-state index >= 15 is 0 Å². The van der Waals surface area contributed by atoms with Crippen LogP contribution in [-0.2, 0) is 4.79 Å². The van der Waals surface area contributed by atoms with Gasteiger partial charge in [0.25, 0.3) is 0 Å². The number of nitrogens with one attached hydrogen (secondary N) is 1. The van der Waals surface area contributed by atoms with Gasteiger partial charge in [-0.1, -0.05) is 284 Å². The average molecular weight is 824 g/mol. The van der Waals surface area contributed by atoms with Crippen molar-refractivity contribution in [2.24, 2.45) is 0 Å². The van der Waals surface area contributed by atoms with Crippen molar-refractivity contribution in [1.29, 1.82) is 0 Å². The fourth-order valence-electron chi connectivity index (χ4n) is 8.64. The predicted octanol–water partition coefficient (Wildman–Crippen LogP) is 14.8. The Morgan fingerprint density at radius 2 is 0.586 bits per heavy atom. The van der Waals surface area contributed by atoms with Gasteiger partial charge in [-0.25, -0.2) is 0 Å². The molecule has 0 saturated heterocycles. The summed E-state index contributed by atoms with van der Waals surface area (Å²) in [6.45, 7) is 4.07. The second-order valence-electron chi connectivity index (χ2n) is 18.6. The third kappa shape index (κ3) is 40.7. The number of amides is 1. The first kappa shape index (κ1) is 57.3. The minimum absolute atomic E-state index is 0.376. The highest BCUT2D eigenvalue weighted by atomic mass is 16.3. The van der Waals surface area contributed by atoms with Crippen molar-refractivity contribution >= 4 is 5.91 Å². The van der Waals surface area contributed by atoms with Gasteiger partial charge in [-0.3, -0.25) is 4.79 Å². The quantitative estimate of drug-likeness (QED) is 0.0393. The summed E-state index contributed by atoms with van der Waals surface area (Å²) in [5.74, 6) is -0.578. The molecule has 0 aromatic rings. The second kappa shape index (κ2) is 47.4. The lowest BCUT2D eigenvalue weighted by molar-refractivity contribution is -0.132. The van der Waals surface area contributed by atoms with Crippen LogP contribution in [-0.4, -0.2) is 57.3 Å². The molecule has 0 fully saturated rings. The van der Waals surface area contributed by atoms with E-state index < -0.39 is 36.9 Å². The molecule has 0 spiro atoms. The van der Waals surface area contributed by atoms with Crippen molar-refractivity contribution in [1.82, 2.24) is 5.32 Å². The number of unbranched alkanes of at least 4 members (excludes halogenated alkanes) is 40. The van der Waals surface area contributed by atoms with Crippen LogP contribution in [0.1, 0.15) is 296 Å². The zero-order chi connectivity index (χ0) is 42.4. The van der Waals surface area contributed by atoms with E-state index in [0.29, 0.717) is 12.8 Å². The predicted molar refractivity (Wildman–Crippen MR) is 252 cm³/mol. The zero-order valence-corrected chi connectivity index (χ0v) is 39.3. The molecule has 0 aromatic carbocycles. The average Bonchev–Trinajstić information content (AvgIpc) is 3.23. The van der Waals surface area contributed by atoms with Crippen molar-refractivity contribution in [3.8, 4) is 0 Å². The van der Waals surface area contributed by atoms with Crippen molar-refractivity contribution in [3.05, 3.63) is 0 Å². The van der Waals surface area contributed by atoms with Crippen LogP contribution < -0.4 is 5.32 Å². The maximum absolute atomic E-state index is 12.5. The minimum Gasteiger partial charge on any atom is -0.394 e. The first-order valence-corrected chi connectivity index (χ1v) is 26.4. The van der Waals surface area contributed by atoms with Crippen LogP contribution in [0, 0.1) is 0 Å². The van der Waals surface area contributed by atoms with Crippen LogP contribution in [0.25, 0.3) is 0 Å². The van der Waals surface area contributed by atoms with Gasteiger partial charge in [0.1, 0.15) is 12.2 Å². The minimum atomic E-state index is -1.25. The molecule has 0 aliphatic rings. The Morgan fingerprint density at radius 1 is 0.362 bits per heavy atom. The number of hydrogen-bond donors (Lipinski definition) is 5. The lowest BCUT2D eigenvalue weighted by Crippen LogP contribution is -2.53. The molecule has 5 N–H and O–H groups in total. The smallest absolute Gasteiger partial charge is 0.249 e. The lowest BCUT2D eigenvalue weighted by atomic mass is 9.99. The zero-order valence-electron chi connectivity index (χ0n) is 39.3. The number of aliphatic hydroxyl groups is 4. The van der Waals surface area contributed by atoms with Crippen LogP contribution in [0.15, 0.2) is 0 Å². The van der Waals surface area contributed by atoms with Crippen molar-refractivity contribution in [2.75, 3.05) is 6.61 Å². The summed E-state index contributed by atoms with van der Waals surface area (Å²) in [5, 5.41) is 43.8. The Bertz CT molecular complexity index is 796. The van der Waals surface area contributed by atoms with E-state index in [0.717, 1.165) is 38.5 Å². The molecule has 0 rings (SSSR count). The summed E-state index contributed by atoms with van der Waals surface area (Å²) in [6.07, 6.45) is 53.2. The van der Waals surface area contributed by atoms with Crippen LogP contribution in [0.3, 0.4) is 0 Å². The van der Waals surface area contributed by atoms with Crippen molar-refractivity contribution < 1.29 is 25.2 Å². The van der Waals surface area contributed by atoms with E-state index in [1.54, 1.807) is 0 Å². The monoisotopic (exact) mass is 824 g/mol. The molecule has 1 amide bonds. The second-order valence-corrected chi connectivity index (χ2v) is 18.6. The maximum atomic E-state index is 12.5. The Morgan fingerprint density at radius 3 is 0.828 bits per heavy atom. The molecule has 6 nitrogen and oxygen atoms in total. The van der Waals surface area contributed by atoms with Gasteiger partial charge in [0.2, 0.25) is 5.91 Å². The molecule has 0 saturated carbocycles. The summed E-state index contributed by atoms with van der Waals surface area (Å²) in [5.41, 5.74) is 0. The van der Waals surface area contributed by atoms with Gasteiger partial charge in [0.15, 0.2) is 0 Å². The van der Waals surface area contributed by atoms with Crippen molar-refractivity contribution in [2.45, 2.75) is 321 Å². The molecule has 4 atom stereocenters. The molecule has 6 heteroatoms. The third-order valence-electron chi connectivity index (χ3n) is 12.8. The molecule has 58 heavy (non-hydrogen) atoms. The van der Waals surface area contributed by atoms with E-state index in [4.69, 9.17) is 0 Å². The SMILES string of the molecule is CCCCCCCCCCCCCCCCCCCCCCCCCCCCCCCCC(O)C(=O)NC(CO)C(O)C(O)CCCCCCCCCCCCCC. The Hall–Kier alpha value is -0.690. The molecule has 0 aliphatic heterocycles. The van der Waals surface area contributed by atoms with E-state index in [2.05, 4.69) is 19.2 Å². The molecule has 4 unspecified atom stereocenters. The molecule has 0 radical (unpaired) electrons. The highest BCUT2D eigenvalue weighted by molar-refractivity contribution is 5.80. The fourth-order valence-corrected chi connectivity index (χ4v) is 8.64. The van der Waals surface area contributed by atoms with E-state index in [1.807, 2.05) is 0 Å². The van der Waals surface area contributed by atoms with Gasteiger partial charge >= 0.3 is 0 Å².